The van der Waals surface area contributed by atoms with Gasteiger partial charge in [-0.25, -0.2) is 8.42 Å². The maximum atomic E-state index is 12.5. The molecule has 0 radical (unpaired) electrons. The zero-order valence-corrected chi connectivity index (χ0v) is 12.8. The molecule has 0 saturated heterocycles. The Hall–Kier alpha value is -1.66. The Morgan fingerprint density at radius 3 is 2.52 bits per heavy atom. The molecule has 1 N–H and O–H groups in total. The third-order valence-electron chi connectivity index (χ3n) is 3.49. The van der Waals surface area contributed by atoms with Gasteiger partial charge < -0.3 is 5.11 Å². The molecule has 1 heterocycles. The van der Waals surface area contributed by atoms with Crippen molar-refractivity contribution in [3.05, 3.63) is 41.5 Å². The highest BCUT2D eigenvalue weighted by Crippen LogP contribution is 2.21. The van der Waals surface area contributed by atoms with Crippen LogP contribution in [0.4, 0.5) is 0 Å². The quantitative estimate of drug-likeness (QED) is 0.845. The molecule has 0 atom stereocenters. The number of hydrogen-bond donors (Lipinski definition) is 1. The molecule has 0 saturated carbocycles. The lowest BCUT2D eigenvalue weighted by Gasteiger charge is -2.25. The van der Waals surface area contributed by atoms with Gasteiger partial charge in [0.25, 0.3) is 0 Å². The van der Waals surface area contributed by atoms with Crippen LogP contribution in [0.15, 0.2) is 40.8 Å². The van der Waals surface area contributed by atoms with E-state index in [1.807, 2.05) is 6.92 Å². The maximum absolute atomic E-state index is 12.5. The zero-order chi connectivity index (χ0) is 15.5. The average molecular weight is 309 g/mol. The molecule has 0 spiro atoms. The van der Waals surface area contributed by atoms with Gasteiger partial charge in [0.15, 0.2) is 0 Å². The molecule has 1 aromatic rings. The summed E-state index contributed by atoms with van der Waals surface area (Å²) in [6.07, 6.45) is 3.24. The number of aliphatic carboxylic acids is 1. The van der Waals surface area contributed by atoms with E-state index < -0.39 is 16.0 Å². The summed E-state index contributed by atoms with van der Waals surface area (Å²) < 4.78 is 26.5. The molecule has 1 aromatic carbocycles. The first-order valence-electron chi connectivity index (χ1n) is 6.86. The van der Waals surface area contributed by atoms with Crippen molar-refractivity contribution in [3.63, 3.8) is 0 Å². The van der Waals surface area contributed by atoms with Gasteiger partial charge in [0.2, 0.25) is 10.0 Å². The molecule has 5 nitrogen and oxygen atoms in total. The second kappa shape index (κ2) is 6.41. The van der Waals surface area contributed by atoms with Crippen LogP contribution in [0.3, 0.4) is 0 Å². The smallest absolute Gasteiger partial charge is 0.303 e. The Bertz CT molecular complexity index is 647. The molecule has 6 heteroatoms. The SMILES string of the molecule is CC1=CCCN(S(=O)(=O)c2ccc(CCC(=O)O)cc2)C1. The first-order chi connectivity index (χ1) is 9.89. The summed E-state index contributed by atoms with van der Waals surface area (Å²) in [5.74, 6) is -0.859. The van der Waals surface area contributed by atoms with Gasteiger partial charge >= 0.3 is 5.97 Å². The molecule has 0 fully saturated rings. The molecule has 21 heavy (non-hydrogen) atoms. The largest absolute Gasteiger partial charge is 0.481 e. The Morgan fingerprint density at radius 1 is 1.29 bits per heavy atom. The monoisotopic (exact) mass is 309 g/mol. The van der Waals surface area contributed by atoms with E-state index >= 15 is 0 Å². The van der Waals surface area contributed by atoms with Gasteiger partial charge in [0, 0.05) is 19.5 Å². The van der Waals surface area contributed by atoms with Crippen LogP contribution in [0.2, 0.25) is 0 Å². The fraction of sp³-hybridized carbons (Fsp3) is 0.400. The molecule has 0 aromatic heterocycles. The zero-order valence-electron chi connectivity index (χ0n) is 11.9. The lowest BCUT2D eigenvalue weighted by Crippen LogP contribution is -2.35. The molecule has 114 valence electrons. The van der Waals surface area contributed by atoms with E-state index in [0.29, 0.717) is 19.5 Å². The molecular weight excluding hydrogens is 290 g/mol. The third-order valence-corrected chi connectivity index (χ3v) is 5.35. The summed E-state index contributed by atoms with van der Waals surface area (Å²) in [5, 5.41) is 8.65. The molecule has 0 aliphatic carbocycles. The second-order valence-corrected chi connectivity index (χ2v) is 7.15. The van der Waals surface area contributed by atoms with E-state index in [9.17, 15) is 13.2 Å². The van der Waals surface area contributed by atoms with Gasteiger partial charge in [-0.1, -0.05) is 23.8 Å². The number of nitrogens with zero attached hydrogens (tertiary/aromatic N) is 1. The Labute approximate surface area is 124 Å². The Kier molecular flexibility index (Phi) is 4.80. The number of carboxylic acids is 1. The molecular formula is C15H19NO4S. The first-order valence-corrected chi connectivity index (χ1v) is 8.30. The van der Waals surface area contributed by atoms with Gasteiger partial charge in [-0.05, 0) is 37.5 Å². The predicted molar refractivity (Wildman–Crippen MR) is 79.5 cm³/mol. The fourth-order valence-electron chi connectivity index (χ4n) is 2.31. The molecule has 2 rings (SSSR count). The number of aryl methyl sites for hydroxylation is 1. The van der Waals surface area contributed by atoms with Crippen molar-refractivity contribution in [3.8, 4) is 0 Å². The third kappa shape index (κ3) is 3.92. The minimum Gasteiger partial charge on any atom is -0.481 e. The van der Waals surface area contributed by atoms with Gasteiger partial charge in [0.05, 0.1) is 4.90 Å². The number of rotatable bonds is 5. The number of sulfonamides is 1. The van der Waals surface area contributed by atoms with Crippen molar-refractivity contribution in [1.29, 1.82) is 0 Å². The van der Waals surface area contributed by atoms with Crippen LogP contribution in [0.5, 0.6) is 0 Å². The highest BCUT2D eigenvalue weighted by molar-refractivity contribution is 7.89. The van der Waals surface area contributed by atoms with Gasteiger partial charge in [-0.2, -0.15) is 4.31 Å². The van der Waals surface area contributed by atoms with E-state index in [0.717, 1.165) is 17.6 Å². The summed E-state index contributed by atoms with van der Waals surface area (Å²) in [7, 11) is -3.47. The van der Waals surface area contributed by atoms with E-state index in [1.54, 1.807) is 24.3 Å². The highest BCUT2D eigenvalue weighted by atomic mass is 32.2. The number of benzene rings is 1. The van der Waals surface area contributed by atoms with E-state index in [-0.39, 0.29) is 11.3 Å². The summed E-state index contributed by atoms with van der Waals surface area (Å²) in [6, 6.07) is 6.48. The van der Waals surface area contributed by atoms with Gasteiger partial charge in [0.1, 0.15) is 0 Å². The van der Waals surface area contributed by atoms with Crippen LogP contribution in [0.25, 0.3) is 0 Å². The topological polar surface area (TPSA) is 74.7 Å². The summed E-state index contributed by atoms with van der Waals surface area (Å²) >= 11 is 0. The lowest BCUT2D eigenvalue weighted by atomic mass is 10.1. The summed E-state index contributed by atoms with van der Waals surface area (Å²) in [4.78, 5) is 10.8. The van der Waals surface area contributed by atoms with Crippen LogP contribution in [-0.2, 0) is 21.2 Å². The standard InChI is InChI=1S/C15H19NO4S/c1-12-3-2-10-16(11-12)21(19,20)14-7-4-13(5-8-14)6-9-15(17)18/h3-5,7-8H,2,6,9-11H2,1H3,(H,17,18). The molecule has 0 amide bonds. The van der Waals surface area contributed by atoms with E-state index in [4.69, 9.17) is 5.11 Å². The first kappa shape index (κ1) is 15.7. The second-order valence-electron chi connectivity index (χ2n) is 5.22. The summed E-state index contributed by atoms with van der Waals surface area (Å²) in [5.41, 5.74) is 1.88. The van der Waals surface area contributed by atoms with Gasteiger partial charge in [-0.15, -0.1) is 0 Å². The number of hydrogen-bond acceptors (Lipinski definition) is 3. The van der Waals surface area contributed by atoms with Crippen molar-refractivity contribution in [2.24, 2.45) is 0 Å². The van der Waals surface area contributed by atoms with E-state index in [1.165, 1.54) is 4.31 Å². The lowest BCUT2D eigenvalue weighted by molar-refractivity contribution is -0.136. The van der Waals surface area contributed by atoms with Crippen molar-refractivity contribution in [2.45, 2.75) is 31.1 Å². The van der Waals surface area contributed by atoms with Crippen molar-refractivity contribution >= 4 is 16.0 Å². The predicted octanol–water partition coefficient (Wildman–Crippen LogP) is 2.04. The van der Waals surface area contributed by atoms with Crippen LogP contribution >= 0.6 is 0 Å². The fourth-order valence-corrected chi connectivity index (χ4v) is 3.81. The van der Waals surface area contributed by atoms with Crippen LogP contribution in [-0.4, -0.2) is 36.9 Å². The Balaban J connectivity index is 2.13. The highest BCUT2D eigenvalue weighted by Gasteiger charge is 2.25. The minimum absolute atomic E-state index is 0.0439. The molecule has 0 bridgehead atoms. The number of carbonyl (C=O) groups is 1. The minimum atomic E-state index is -3.47. The normalized spacial score (nSPS) is 16.5. The summed E-state index contributed by atoms with van der Waals surface area (Å²) in [6.45, 7) is 2.86. The van der Waals surface area contributed by atoms with E-state index in [2.05, 4.69) is 6.08 Å². The van der Waals surface area contributed by atoms with Crippen molar-refractivity contribution < 1.29 is 18.3 Å². The van der Waals surface area contributed by atoms with Crippen molar-refractivity contribution in [1.82, 2.24) is 4.31 Å². The maximum Gasteiger partial charge on any atom is 0.303 e. The molecule has 1 aliphatic rings. The van der Waals surface area contributed by atoms with Crippen LogP contribution in [0, 0.1) is 0 Å². The number of carboxylic acid groups (broad SMARTS) is 1. The molecule has 0 unspecified atom stereocenters. The van der Waals surface area contributed by atoms with Crippen LogP contribution < -0.4 is 0 Å². The van der Waals surface area contributed by atoms with Crippen LogP contribution in [0.1, 0.15) is 25.3 Å². The van der Waals surface area contributed by atoms with Crippen molar-refractivity contribution in [2.75, 3.05) is 13.1 Å². The Morgan fingerprint density at radius 2 is 1.95 bits per heavy atom. The molecule has 1 aliphatic heterocycles. The van der Waals surface area contributed by atoms with Gasteiger partial charge in [-0.3, -0.25) is 4.79 Å². The average Bonchev–Trinajstić information content (AvgIpc) is 2.45.